The predicted octanol–water partition coefficient (Wildman–Crippen LogP) is 4.76. The van der Waals surface area contributed by atoms with E-state index in [1.807, 2.05) is 0 Å². The lowest BCUT2D eigenvalue weighted by atomic mass is 9.75. The number of rotatable bonds is 5. The Balaban J connectivity index is 1.94. The average molecular weight is 344 g/mol. The molecular formula is C17H30BrNO. The summed E-state index contributed by atoms with van der Waals surface area (Å²) in [5, 5.41) is 1.06. The number of nitrogens with zero attached hydrogens (tertiary/aromatic N) is 1. The third kappa shape index (κ3) is 4.22. The van der Waals surface area contributed by atoms with Crippen LogP contribution in [-0.4, -0.2) is 29.2 Å². The molecule has 1 saturated heterocycles. The van der Waals surface area contributed by atoms with Gasteiger partial charge in [-0.2, -0.15) is 0 Å². The summed E-state index contributed by atoms with van der Waals surface area (Å²) >= 11 is 3.73. The maximum absolute atomic E-state index is 12.4. The second-order valence-corrected chi connectivity index (χ2v) is 7.55. The molecule has 1 saturated carbocycles. The number of carbonyl (C=O) groups excluding carboxylic acids is 1. The zero-order chi connectivity index (χ0) is 14.4. The molecule has 0 aromatic heterocycles. The maximum atomic E-state index is 12.4. The van der Waals surface area contributed by atoms with E-state index in [0.29, 0.717) is 11.3 Å². The Bertz CT molecular complexity index is 312. The summed E-state index contributed by atoms with van der Waals surface area (Å²) in [6.45, 7) is 4.25. The van der Waals surface area contributed by atoms with E-state index in [2.05, 4.69) is 27.8 Å². The van der Waals surface area contributed by atoms with E-state index in [0.717, 1.165) is 37.2 Å². The van der Waals surface area contributed by atoms with E-state index in [4.69, 9.17) is 0 Å². The summed E-state index contributed by atoms with van der Waals surface area (Å²) in [7, 11) is 0. The first kappa shape index (κ1) is 16.3. The van der Waals surface area contributed by atoms with Crippen molar-refractivity contribution in [2.75, 3.05) is 18.4 Å². The highest BCUT2D eigenvalue weighted by Gasteiger charge is 2.35. The summed E-state index contributed by atoms with van der Waals surface area (Å²) in [5.41, 5.74) is 0.360. The second kappa shape index (κ2) is 7.82. The molecule has 2 nitrogen and oxygen atoms in total. The average Bonchev–Trinajstić information content (AvgIpc) is 2.64. The van der Waals surface area contributed by atoms with Gasteiger partial charge in [-0.1, -0.05) is 55.0 Å². The van der Waals surface area contributed by atoms with Crippen molar-refractivity contribution in [1.29, 1.82) is 0 Å². The van der Waals surface area contributed by atoms with Crippen LogP contribution >= 0.6 is 15.9 Å². The Hall–Kier alpha value is -0.0500. The molecule has 1 amide bonds. The topological polar surface area (TPSA) is 20.3 Å². The first-order valence-electron chi connectivity index (χ1n) is 8.53. The molecule has 1 atom stereocenters. The van der Waals surface area contributed by atoms with E-state index in [-0.39, 0.29) is 0 Å². The number of alkyl halides is 1. The van der Waals surface area contributed by atoms with Crippen LogP contribution in [0.5, 0.6) is 0 Å². The molecule has 0 radical (unpaired) electrons. The van der Waals surface area contributed by atoms with Crippen LogP contribution in [0.4, 0.5) is 0 Å². The molecule has 2 rings (SSSR count). The van der Waals surface area contributed by atoms with Gasteiger partial charge in [-0.05, 0) is 37.0 Å². The minimum Gasteiger partial charge on any atom is -0.342 e. The molecule has 2 aliphatic rings. The minimum absolute atomic E-state index is 0.360. The molecule has 1 aliphatic heterocycles. The number of amides is 1. The van der Waals surface area contributed by atoms with Gasteiger partial charge in [-0.3, -0.25) is 4.79 Å². The van der Waals surface area contributed by atoms with Gasteiger partial charge in [0.1, 0.15) is 0 Å². The highest BCUT2D eigenvalue weighted by molar-refractivity contribution is 9.09. The smallest absolute Gasteiger partial charge is 0.222 e. The quantitative estimate of drug-likeness (QED) is 0.659. The molecule has 1 heterocycles. The van der Waals surface area contributed by atoms with E-state index in [1.54, 1.807) is 0 Å². The Kier molecular flexibility index (Phi) is 6.38. The fourth-order valence-corrected chi connectivity index (χ4v) is 4.74. The van der Waals surface area contributed by atoms with Crippen molar-refractivity contribution in [3.8, 4) is 0 Å². The van der Waals surface area contributed by atoms with Gasteiger partial charge < -0.3 is 4.90 Å². The normalized spacial score (nSPS) is 27.4. The van der Waals surface area contributed by atoms with Gasteiger partial charge in [0.15, 0.2) is 0 Å². The van der Waals surface area contributed by atoms with Crippen LogP contribution in [0.3, 0.4) is 0 Å². The van der Waals surface area contributed by atoms with Crippen LogP contribution in [0.1, 0.15) is 71.1 Å². The molecule has 2 fully saturated rings. The van der Waals surface area contributed by atoms with E-state index in [9.17, 15) is 4.79 Å². The van der Waals surface area contributed by atoms with Crippen molar-refractivity contribution in [1.82, 2.24) is 4.90 Å². The van der Waals surface area contributed by atoms with Crippen molar-refractivity contribution in [2.45, 2.75) is 71.1 Å². The Morgan fingerprint density at radius 3 is 2.65 bits per heavy atom. The molecule has 0 spiro atoms. The standard InChI is InChI=1S/C17H30BrNO/c1-2-6-15-7-8-16(20)19(12-9-15)14-17(13-18)10-4-3-5-11-17/h15H,2-14H2,1H3. The van der Waals surface area contributed by atoms with Gasteiger partial charge in [0.05, 0.1) is 0 Å². The fourth-order valence-electron chi connectivity index (χ4n) is 4.00. The van der Waals surface area contributed by atoms with Crippen LogP contribution in [0.2, 0.25) is 0 Å². The van der Waals surface area contributed by atoms with E-state index < -0.39 is 0 Å². The van der Waals surface area contributed by atoms with Crippen LogP contribution in [0.15, 0.2) is 0 Å². The molecule has 116 valence electrons. The monoisotopic (exact) mass is 343 g/mol. The van der Waals surface area contributed by atoms with Crippen molar-refractivity contribution in [3.05, 3.63) is 0 Å². The molecule has 20 heavy (non-hydrogen) atoms. The molecule has 0 N–H and O–H groups in total. The van der Waals surface area contributed by atoms with Crippen LogP contribution < -0.4 is 0 Å². The molecule has 3 heteroatoms. The third-order valence-electron chi connectivity index (χ3n) is 5.35. The predicted molar refractivity (Wildman–Crippen MR) is 88.1 cm³/mol. The molecule has 0 aromatic rings. The molecule has 0 bridgehead atoms. The number of hydrogen-bond acceptors (Lipinski definition) is 1. The Morgan fingerprint density at radius 1 is 1.25 bits per heavy atom. The van der Waals surface area contributed by atoms with Gasteiger partial charge in [0.25, 0.3) is 0 Å². The zero-order valence-electron chi connectivity index (χ0n) is 13.0. The number of carbonyl (C=O) groups is 1. The zero-order valence-corrected chi connectivity index (χ0v) is 14.6. The van der Waals surface area contributed by atoms with Gasteiger partial charge in [0.2, 0.25) is 5.91 Å². The summed E-state index contributed by atoms with van der Waals surface area (Å²) < 4.78 is 0. The third-order valence-corrected chi connectivity index (χ3v) is 6.54. The van der Waals surface area contributed by atoms with Crippen molar-refractivity contribution in [3.63, 3.8) is 0 Å². The maximum Gasteiger partial charge on any atom is 0.222 e. The molecule has 0 aromatic carbocycles. The highest BCUT2D eigenvalue weighted by atomic mass is 79.9. The number of likely N-dealkylation sites (tertiary alicyclic amines) is 1. The summed E-state index contributed by atoms with van der Waals surface area (Å²) in [4.78, 5) is 14.6. The van der Waals surface area contributed by atoms with Crippen LogP contribution in [0.25, 0.3) is 0 Å². The Morgan fingerprint density at radius 2 is 2.00 bits per heavy atom. The van der Waals surface area contributed by atoms with Gasteiger partial charge in [-0.25, -0.2) is 0 Å². The Labute approximate surface area is 132 Å². The first-order chi connectivity index (χ1) is 9.69. The number of halogens is 1. The molecular weight excluding hydrogens is 314 g/mol. The van der Waals surface area contributed by atoms with Gasteiger partial charge >= 0.3 is 0 Å². The van der Waals surface area contributed by atoms with Gasteiger partial charge in [0, 0.05) is 24.8 Å². The summed E-state index contributed by atoms with van der Waals surface area (Å²) in [5.74, 6) is 1.19. The van der Waals surface area contributed by atoms with Crippen LogP contribution in [0, 0.1) is 11.3 Å². The largest absolute Gasteiger partial charge is 0.342 e. The lowest BCUT2D eigenvalue weighted by Crippen LogP contribution is -2.43. The van der Waals surface area contributed by atoms with Crippen molar-refractivity contribution >= 4 is 21.8 Å². The van der Waals surface area contributed by atoms with Crippen LogP contribution in [-0.2, 0) is 4.79 Å². The summed E-state index contributed by atoms with van der Waals surface area (Å²) in [6, 6.07) is 0. The van der Waals surface area contributed by atoms with Gasteiger partial charge in [-0.15, -0.1) is 0 Å². The second-order valence-electron chi connectivity index (χ2n) is 6.99. The fraction of sp³-hybridized carbons (Fsp3) is 0.941. The number of hydrogen-bond donors (Lipinski definition) is 0. The van der Waals surface area contributed by atoms with E-state index >= 15 is 0 Å². The lowest BCUT2D eigenvalue weighted by molar-refractivity contribution is -0.132. The molecule has 1 unspecified atom stereocenters. The highest BCUT2D eigenvalue weighted by Crippen LogP contribution is 2.39. The lowest BCUT2D eigenvalue weighted by Gasteiger charge is -2.40. The summed E-state index contributed by atoms with van der Waals surface area (Å²) in [6.07, 6.45) is 12.3. The SMILES string of the molecule is CCCC1CCC(=O)N(CC2(CBr)CCCCC2)CC1. The van der Waals surface area contributed by atoms with Crippen molar-refractivity contribution in [2.24, 2.45) is 11.3 Å². The van der Waals surface area contributed by atoms with Crippen molar-refractivity contribution < 1.29 is 4.79 Å². The first-order valence-corrected chi connectivity index (χ1v) is 9.65. The minimum atomic E-state index is 0.360. The molecule has 1 aliphatic carbocycles. The van der Waals surface area contributed by atoms with E-state index in [1.165, 1.54) is 51.4 Å².